The predicted molar refractivity (Wildman–Crippen MR) is 38.7 cm³/mol. The largest absolute Gasteiger partial charge is 0.506 e. The summed E-state index contributed by atoms with van der Waals surface area (Å²) in [7, 11) is 0. The second kappa shape index (κ2) is 2.78. The molecule has 0 aliphatic carbocycles. The van der Waals surface area contributed by atoms with Crippen LogP contribution >= 0.6 is 11.8 Å². The molecule has 1 nitrogen and oxygen atoms in total. The summed E-state index contributed by atoms with van der Waals surface area (Å²) in [6, 6.07) is 8.09. The Morgan fingerprint density at radius 1 is 1.67 bits per heavy atom. The van der Waals surface area contributed by atoms with Gasteiger partial charge in [0.25, 0.3) is 0 Å². The van der Waals surface area contributed by atoms with E-state index < -0.39 is 0 Å². The lowest BCUT2D eigenvalue weighted by Crippen LogP contribution is -1.69. The molecule has 1 radical (unpaired) electrons. The van der Waals surface area contributed by atoms with Gasteiger partial charge >= 0.3 is 0 Å². The van der Waals surface area contributed by atoms with Crippen LogP contribution in [-0.4, -0.2) is 11.4 Å². The molecule has 47 valence electrons. The quantitative estimate of drug-likeness (QED) is 0.600. The molecule has 0 saturated carbocycles. The predicted octanol–water partition coefficient (Wildman–Crippen LogP) is 1.91. The number of thioether (sulfide) groups is 1. The normalized spacial score (nSPS) is 9.44. The van der Waals surface area contributed by atoms with Crippen molar-refractivity contribution >= 4 is 11.8 Å². The smallest absolute Gasteiger partial charge is 0.137 e. The summed E-state index contributed by atoms with van der Waals surface area (Å²) < 4.78 is 0. The SMILES string of the molecule is CSc1ccc[c]c1O. The average Bonchev–Trinajstić information content (AvgIpc) is 1.89. The standard InChI is InChI=1S/C7H7OS/c1-9-7-5-3-2-4-6(7)8/h2-3,5,8H,1H3. The molecule has 0 aromatic heterocycles. The van der Waals surface area contributed by atoms with Gasteiger partial charge in [-0.25, -0.2) is 0 Å². The molecule has 0 saturated heterocycles. The highest BCUT2D eigenvalue weighted by Crippen LogP contribution is 2.24. The van der Waals surface area contributed by atoms with Gasteiger partial charge in [0.15, 0.2) is 0 Å². The van der Waals surface area contributed by atoms with Crippen LogP contribution in [0.1, 0.15) is 0 Å². The van der Waals surface area contributed by atoms with Crippen molar-refractivity contribution in [3.05, 3.63) is 24.3 Å². The van der Waals surface area contributed by atoms with Crippen LogP contribution in [0.3, 0.4) is 0 Å². The second-order valence-corrected chi connectivity index (χ2v) is 2.44. The summed E-state index contributed by atoms with van der Waals surface area (Å²) in [5.41, 5.74) is 0. The first kappa shape index (κ1) is 6.49. The van der Waals surface area contributed by atoms with Crippen molar-refractivity contribution in [3.8, 4) is 5.75 Å². The number of phenols is 1. The molecule has 0 aliphatic rings. The number of phenolic OH excluding ortho intramolecular Hbond substituents is 1. The number of aromatic hydroxyl groups is 1. The fraction of sp³-hybridized carbons (Fsp3) is 0.143. The van der Waals surface area contributed by atoms with Gasteiger partial charge in [0.1, 0.15) is 5.75 Å². The summed E-state index contributed by atoms with van der Waals surface area (Å²) in [6.45, 7) is 0. The molecule has 0 fully saturated rings. The van der Waals surface area contributed by atoms with Gasteiger partial charge in [-0.15, -0.1) is 11.8 Å². The van der Waals surface area contributed by atoms with Gasteiger partial charge in [-0.05, 0) is 12.3 Å². The van der Waals surface area contributed by atoms with Gasteiger partial charge in [0, 0.05) is 11.0 Å². The fourth-order valence-electron chi connectivity index (χ4n) is 0.577. The zero-order chi connectivity index (χ0) is 6.69. The van der Waals surface area contributed by atoms with Crippen LogP contribution in [0.4, 0.5) is 0 Å². The highest BCUT2D eigenvalue weighted by Gasteiger charge is 1.93. The van der Waals surface area contributed by atoms with E-state index in [4.69, 9.17) is 5.11 Å². The fourth-order valence-corrected chi connectivity index (χ4v) is 1.04. The molecule has 0 atom stereocenters. The summed E-state index contributed by atoms with van der Waals surface area (Å²) in [4.78, 5) is 0.873. The Morgan fingerprint density at radius 2 is 2.44 bits per heavy atom. The molecule has 0 unspecified atom stereocenters. The van der Waals surface area contributed by atoms with Gasteiger partial charge in [0.05, 0.1) is 0 Å². The first-order valence-corrected chi connectivity index (χ1v) is 3.80. The molecule has 1 aromatic rings. The minimum absolute atomic E-state index is 0.241. The summed E-state index contributed by atoms with van der Waals surface area (Å²) in [6.07, 6.45) is 1.92. The van der Waals surface area contributed by atoms with Crippen LogP contribution in [0.15, 0.2) is 23.1 Å². The van der Waals surface area contributed by atoms with Crippen LogP contribution in [0.5, 0.6) is 5.75 Å². The molecule has 9 heavy (non-hydrogen) atoms. The first-order valence-electron chi connectivity index (χ1n) is 2.58. The zero-order valence-corrected chi connectivity index (χ0v) is 5.90. The van der Waals surface area contributed by atoms with Crippen molar-refractivity contribution in [2.24, 2.45) is 0 Å². The van der Waals surface area contributed by atoms with Crippen molar-refractivity contribution < 1.29 is 5.11 Å². The highest BCUT2D eigenvalue weighted by molar-refractivity contribution is 7.98. The lowest BCUT2D eigenvalue weighted by Gasteiger charge is -1.95. The third kappa shape index (κ3) is 1.39. The highest BCUT2D eigenvalue weighted by atomic mass is 32.2. The number of para-hydroxylation sites is 1. The van der Waals surface area contributed by atoms with E-state index in [1.807, 2.05) is 18.4 Å². The van der Waals surface area contributed by atoms with Gasteiger partial charge in [-0.2, -0.15) is 0 Å². The van der Waals surface area contributed by atoms with Crippen molar-refractivity contribution in [2.45, 2.75) is 4.90 Å². The molecular formula is C7H7OS. The maximum atomic E-state index is 9.03. The third-order valence-corrected chi connectivity index (χ3v) is 1.79. The van der Waals surface area contributed by atoms with E-state index in [2.05, 4.69) is 6.07 Å². The van der Waals surface area contributed by atoms with Crippen molar-refractivity contribution in [3.63, 3.8) is 0 Å². The van der Waals surface area contributed by atoms with E-state index >= 15 is 0 Å². The lowest BCUT2D eigenvalue weighted by molar-refractivity contribution is 0.461. The summed E-state index contributed by atoms with van der Waals surface area (Å²) in [5.74, 6) is 0.241. The van der Waals surface area contributed by atoms with E-state index in [-0.39, 0.29) is 5.75 Å². The molecule has 0 aliphatic heterocycles. The Morgan fingerprint density at radius 3 is 2.89 bits per heavy atom. The maximum absolute atomic E-state index is 9.03. The Bertz CT molecular complexity index is 198. The Balaban J connectivity index is 3.01. The molecular weight excluding hydrogens is 132 g/mol. The molecule has 0 amide bonds. The summed E-state index contributed by atoms with van der Waals surface area (Å²) >= 11 is 1.51. The molecule has 2 heteroatoms. The van der Waals surface area contributed by atoms with Crippen LogP contribution in [0.25, 0.3) is 0 Å². The van der Waals surface area contributed by atoms with Crippen LogP contribution in [0, 0.1) is 6.07 Å². The molecule has 0 spiro atoms. The number of benzene rings is 1. The molecule has 1 N–H and O–H groups in total. The second-order valence-electron chi connectivity index (χ2n) is 1.59. The van der Waals surface area contributed by atoms with Crippen LogP contribution < -0.4 is 0 Å². The molecule has 0 heterocycles. The van der Waals surface area contributed by atoms with Gasteiger partial charge < -0.3 is 5.11 Å². The minimum Gasteiger partial charge on any atom is -0.506 e. The lowest BCUT2D eigenvalue weighted by atomic mass is 10.3. The van der Waals surface area contributed by atoms with E-state index in [1.54, 1.807) is 6.07 Å². The van der Waals surface area contributed by atoms with Gasteiger partial charge in [-0.1, -0.05) is 12.1 Å². The number of hydrogen-bond donors (Lipinski definition) is 1. The Kier molecular flexibility index (Phi) is 2.01. The molecule has 1 rings (SSSR count). The molecule has 0 bridgehead atoms. The maximum Gasteiger partial charge on any atom is 0.137 e. The van der Waals surface area contributed by atoms with E-state index in [0.29, 0.717) is 0 Å². The number of hydrogen-bond acceptors (Lipinski definition) is 2. The third-order valence-electron chi connectivity index (χ3n) is 1.02. The van der Waals surface area contributed by atoms with Gasteiger partial charge in [-0.3, -0.25) is 0 Å². The van der Waals surface area contributed by atoms with Crippen LogP contribution in [-0.2, 0) is 0 Å². The average molecular weight is 139 g/mol. The Hall–Kier alpha value is -0.630. The van der Waals surface area contributed by atoms with E-state index in [1.165, 1.54) is 11.8 Å². The van der Waals surface area contributed by atoms with Crippen molar-refractivity contribution in [1.29, 1.82) is 0 Å². The topological polar surface area (TPSA) is 20.2 Å². The number of rotatable bonds is 1. The molecule has 1 aromatic carbocycles. The zero-order valence-electron chi connectivity index (χ0n) is 5.09. The van der Waals surface area contributed by atoms with Crippen LogP contribution in [0.2, 0.25) is 0 Å². The van der Waals surface area contributed by atoms with E-state index in [0.717, 1.165) is 4.90 Å². The minimum atomic E-state index is 0.241. The monoisotopic (exact) mass is 139 g/mol. The van der Waals surface area contributed by atoms with E-state index in [9.17, 15) is 0 Å². The van der Waals surface area contributed by atoms with Gasteiger partial charge in [0.2, 0.25) is 0 Å². The first-order chi connectivity index (χ1) is 4.34. The summed E-state index contributed by atoms with van der Waals surface area (Å²) in [5, 5.41) is 9.03. The van der Waals surface area contributed by atoms with Crippen molar-refractivity contribution in [2.75, 3.05) is 6.26 Å². The Labute approximate surface area is 58.7 Å². The van der Waals surface area contributed by atoms with Crippen molar-refractivity contribution in [1.82, 2.24) is 0 Å².